The average molecular weight is 206 g/mol. The third-order valence-corrected chi connectivity index (χ3v) is 2.98. The molecular formula is C10H16F2O2. The van der Waals surface area contributed by atoms with Crippen molar-refractivity contribution in [1.82, 2.24) is 0 Å². The summed E-state index contributed by atoms with van der Waals surface area (Å²) in [5, 5.41) is 0. The van der Waals surface area contributed by atoms with Gasteiger partial charge in [-0.15, -0.1) is 0 Å². The second kappa shape index (κ2) is 3.57. The Bertz CT molecular complexity index is 226. The first-order chi connectivity index (χ1) is 6.26. The lowest BCUT2D eigenvalue weighted by atomic mass is 9.79. The van der Waals surface area contributed by atoms with Gasteiger partial charge in [0.2, 0.25) is 0 Å². The molecule has 1 rings (SSSR count). The highest BCUT2D eigenvalue weighted by Crippen LogP contribution is 2.36. The standard InChI is InChI=1S/C10H16F2O2/c1-7(13)9(2,3)8-4-5-10(11,12)6-14-8/h8H,4-6H2,1-3H3. The fraction of sp³-hybridized carbons (Fsp3) is 0.900. The molecule has 82 valence electrons. The Kier molecular flexibility index (Phi) is 2.95. The first-order valence-corrected chi connectivity index (χ1v) is 4.76. The predicted octanol–water partition coefficient (Wildman–Crippen LogP) is 2.42. The van der Waals surface area contributed by atoms with Gasteiger partial charge in [0.1, 0.15) is 12.4 Å². The number of ether oxygens (including phenoxy) is 1. The van der Waals surface area contributed by atoms with Crippen molar-refractivity contribution in [3.05, 3.63) is 0 Å². The minimum absolute atomic E-state index is 0.0206. The molecule has 0 aromatic rings. The molecule has 1 heterocycles. The first-order valence-electron chi connectivity index (χ1n) is 4.76. The number of carbonyl (C=O) groups excluding carboxylic acids is 1. The van der Waals surface area contributed by atoms with E-state index in [2.05, 4.69) is 0 Å². The van der Waals surface area contributed by atoms with Crippen LogP contribution in [0.5, 0.6) is 0 Å². The van der Waals surface area contributed by atoms with E-state index in [9.17, 15) is 13.6 Å². The van der Waals surface area contributed by atoms with E-state index in [1.807, 2.05) is 0 Å². The Morgan fingerprint density at radius 1 is 1.50 bits per heavy atom. The molecule has 1 saturated heterocycles. The van der Waals surface area contributed by atoms with Crippen molar-refractivity contribution in [2.75, 3.05) is 6.61 Å². The van der Waals surface area contributed by atoms with E-state index >= 15 is 0 Å². The summed E-state index contributed by atoms with van der Waals surface area (Å²) in [6.45, 7) is 4.39. The number of carbonyl (C=O) groups is 1. The van der Waals surface area contributed by atoms with E-state index in [1.165, 1.54) is 6.92 Å². The maximum Gasteiger partial charge on any atom is 0.271 e. The lowest BCUT2D eigenvalue weighted by molar-refractivity contribution is -0.174. The zero-order valence-electron chi connectivity index (χ0n) is 8.77. The van der Waals surface area contributed by atoms with Crippen LogP contribution in [0.3, 0.4) is 0 Å². The van der Waals surface area contributed by atoms with Gasteiger partial charge in [-0.05, 0) is 13.3 Å². The molecule has 0 bridgehead atoms. The summed E-state index contributed by atoms with van der Waals surface area (Å²) in [6.07, 6.45) is -0.312. The molecule has 1 aliphatic rings. The van der Waals surface area contributed by atoms with E-state index in [1.54, 1.807) is 13.8 Å². The van der Waals surface area contributed by atoms with Gasteiger partial charge in [-0.3, -0.25) is 4.79 Å². The lowest BCUT2D eigenvalue weighted by Crippen LogP contribution is -2.45. The van der Waals surface area contributed by atoms with E-state index in [-0.39, 0.29) is 24.7 Å². The number of hydrogen-bond acceptors (Lipinski definition) is 2. The molecule has 0 spiro atoms. The van der Waals surface area contributed by atoms with Crippen LogP contribution in [-0.2, 0) is 9.53 Å². The molecule has 0 radical (unpaired) electrons. The fourth-order valence-electron chi connectivity index (χ4n) is 1.52. The number of hydrogen-bond donors (Lipinski definition) is 0. The normalized spacial score (nSPS) is 27.4. The van der Waals surface area contributed by atoms with Crippen LogP contribution in [0.25, 0.3) is 0 Å². The van der Waals surface area contributed by atoms with Crippen LogP contribution in [0, 0.1) is 5.41 Å². The van der Waals surface area contributed by atoms with Crippen LogP contribution in [0.15, 0.2) is 0 Å². The summed E-state index contributed by atoms with van der Waals surface area (Å²) in [5.74, 6) is -2.74. The Morgan fingerprint density at radius 2 is 2.07 bits per heavy atom. The van der Waals surface area contributed by atoms with Crippen LogP contribution in [0.1, 0.15) is 33.6 Å². The van der Waals surface area contributed by atoms with E-state index in [0.717, 1.165) is 0 Å². The second-order valence-electron chi connectivity index (χ2n) is 4.47. The highest BCUT2D eigenvalue weighted by molar-refractivity contribution is 5.82. The van der Waals surface area contributed by atoms with Crippen molar-refractivity contribution in [3.63, 3.8) is 0 Å². The van der Waals surface area contributed by atoms with E-state index in [4.69, 9.17) is 4.74 Å². The smallest absolute Gasteiger partial charge is 0.271 e. The van der Waals surface area contributed by atoms with Gasteiger partial charge in [0.25, 0.3) is 5.92 Å². The Labute approximate surface area is 82.6 Å². The lowest BCUT2D eigenvalue weighted by Gasteiger charge is -2.37. The molecule has 0 aromatic carbocycles. The van der Waals surface area contributed by atoms with Crippen LogP contribution in [-0.4, -0.2) is 24.4 Å². The molecule has 0 N–H and O–H groups in total. The van der Waals surface area contributed by atoms with Crippen LogP contribution in [0.4, 0.5) is 8.78 Å². The summed E-state index contributed by atoms with van der Waals surface area (Å²) in [4.78, 5) is 11.3. The van der Waals surface area contributed by atoms with Crippen molar-refractivity contribution in [3.8, 4) is 0 Å². The topological polar surface area (TPSA) is 26.3 Å². The van der Waals surface area contributed by atoms with Crippen molar-refractivity contribution in [2.45, 2.75) is 45.6 Å². The molecule has 0 amide bonds. The fourth-order valence-corrected chi connectivity index (χ4v) is 1.52. The first kappa shape index (κ1) is 11.6. The molecule has 2 nitrogen and oxygen atoms in total. The van der Waals surface area contributed by atoms with Crippen LogP contribution < -0.4 is 0 Å². The Morgan fingerprint density at radius 3 is 2.43 bits per heavy atom. The van der Waals surface area contributed by atoms with E-state index in [0.29, 0.717) is 0 Å². The molecule has 1 aliphatic heterocycles. The molecule has 0 aromatic heterocycles. The third-order valence-electron chi connectivity index (χ3n) is 2.98. The summed E-state index contributed by atoms with van der Waals surface area (Å²) in [7, 11) is 0. The van der Waals surface area contributed by atoms with Gasteiger partial charge in [-0.2, -0.15) is 0 Å². The molecule has 1 unspecified atom stereocenters. The minimum Gasteiger partial charge on any atom is -0.371 e. The van der Waals surface area contributed by atoms with Crippen molar-refractivity contribution in [2.24, 2.45) is 5.41 Å². The van der Waals surface area contributed by atoms with Crippen molar-refractivity contribution in [1.29, 1.82) is 0 Å². The maximum absolute atomic E-state index is 12.8. The summed E-state index contributed by atoms with van der Waals surface area (Å²) in [5.41, 5.74) is -0.656. The highest BCUT2D eigenvalue weighted by atomic mass is 19.3. The molecular weight excluding hydrogens is 190 g/mol. The number of alkyl halides is 2. The monoisotopic (exact) mass is 206 g/mol. The number of ketones is 1. The SMILES string of the molecule is CC(=O)C(C)(C)C1CCC(F)(F)CO1. The molecule has 0 saturated carbocycles. The predicted molar refractivity (Wildman–Crippen MR) is 48.4 cm³/mol. The summed E-state index contributed by atoms with van der Waals surface area (Å²) >= 11 is 0. The van der Waals surface area contributed by atoms with Crippen LogP contribution >= 0.6 is 0 Å². The van der Waals surface area contributed by atoms with Gasteiger partial charge < -0.3 is 4.74 Å². The molecule has 4 heteroatoms. The van der Waals surface area contributed by atoms with Gasteiger partial charge in [0.05, 0.1) is 6.10 Å². The van der Waals surface area contributed by atoms with Gasteiger partial charge in [-0.1, -0.05) is 13.8 Å². The second-order valence-corrected chi connectivity index (χ2v) is 4.47. The third kappa shape index (κ3) is 2.29. The van der Waals surface area contributed by atoms with Crippen molar-refractivity contribution < 1.29 is 18.3 Å². The molecule has 14 heavy (non-hydrogen) atoms. The quantitative estimate of drug-likeness (QED) is 0.693. The number of Topliss-reactive ketones (excluding diaryl/α,β-unsaturated/α-hetero) is 1. The summed E-state index contributed by atoms with van der Waals surface area (Å²) in [6, 6.07) is 0. The highest BCUT2D eigenvalue weighted by Gasteiger charge is 2.43. The van der Waals surface area contributed by atoms with Gasteiger partial charge >= 0.3 is 0 Å². The average Bonchev–Trinajstić information content (AvgIpc) is 2.03. The largest absolute Gasteiger partial charge is 0.371 e. The van der Waals surface area contributed by atoms with Gasteiger partial charge in [-0.25, -0.2) is 8.78 Å². The van der Waals surface area contributed by atoms with E-state index < -0.39 is 17.9 Å². The number of halogens is 2. The minimum atomic E-state index is -2.72. The van der Waals surface area contributed by atoms with Crippen molar-refractivity contribution >= 4 is 5.78 Å². The maximum atomic E-state index is 12.8. The zero-order valence-corrected chi connectivity index (χ0v) is 8.77. The summed E-state index contributed by atoms with van der Waals surface area (Å²) < 4.78 is 30.6. The Hall–Kier alpha value is -0.510. The van der Waals surface area contributed by atoms with Gasteiger partial charge in [0, 0.05) is 11.8 Å². The molecule has 0 aliphatic carbocycles. The Balaban J connectivity index is 2.62. The molecule has 1 atom stereocenters. The van der Waals surface area contributed by atoms with Gasteiger partial charge in [0.15, 0.2) is 0 Å². The molecule has 1 fully saturated rings. The van der Waals surface area contributed by atoms with Crippen LogP contribution in [0.2, 0.25) is 0 Å². The zero-order chi connectivity index (χ0) is 11.0. The number of rotatable bonds is 2.